The summed E-state index contributed by atoms with van der Waals surface area (Å²) in [4.78, 5) is 0. The summed E-state index contributed by atoms with van der Waals surface area (Å²) in [7, 11) is 0. The third-order valence-electron chi connectivity index (χ3n) is 5.79. The van der Waals surface area contributed by atoms with E-state index in [0.29, 0.717) is 5.41 Å². The lowest BCUT2D eigenvalue weighted by Crippen LogP contribution is -2.21. The van der Waals surface area contributed by atoms with Crippen LogP contribution in [0.5, 0.6) is 0 Å². The van der Waals surface area contributed by atoms with Crippen LogP contribution in [0.3, 0.4) is 0 Å². The fraction of sp³-hybridized carbons (Fsp3) is 0.882. The number of hydrogen-bond donors (Lipinski definition) is 0. The van der Waals surface area contributed by atoms with E-state index in [0.717, 1.165) is 23.7 Å². The maximum absolute atomic E-state index is 2.43. The zero-order valence-corrected chi connectivity index (χ0v) is 13.0. The first-order chi connectivity index (χ1) is 7.94. The molecule has 0 spiro atoms. The van der Waals surface area contributed by atoms with Crippen LogP contribution in [0.1, 0.15) is 67.7 Å². The molecule has 0 bridgehead atoms. The predicted octanol–water partition coefficient (Wildman–Crippen LogP) is 5.69. The summed E-state index contributed by atoms with van der Waals surface area (Å²) in [6.07, 6.45) is 6.48. The molecule has 0 heterocycles. The first-order valence-corrected chi connectivity index (χ1v) is 7.57. The maximum atomic E-state index is 2.43. The van der Waals surface area contributed by atoms with Gasteiger partial charge in [0.15, 0.2) is 0 Å². The van der Waals surface area contributed by atoms with E-state index in [1.54, 1.807) is 5.57 Å². The minimum atomic E-state index is 0.670. The molecular formula is C17H32. The molecule has 0 aliphatic heterocycles. The Hall–Kier alpha value is -0.260. The van der Waals surface area contributed by atoms with Crippen LogP contribution in [0.25, 0.3) is 0 Å². The van der Waals surface area contributed by atoms with Crippen LogP contribution >= 0.6 is 0 Å². The van der Waals surface area contributed by atoms with Gasteiger partial charge < -0.3 is 0 Å². The highest BCUT2D eigenvalue weighted by atomic mass is 14.6. The van der Waals surface area contributed by atoms with E-state index in [1.807, 2.05) is 0 Å². The molecule has 1 aliphatic rings. The van der Waals surface area contributed by atoms with Crippen molar-refractivity contribution < 1.29 is 0 Å². The van der Waals surface area contributed by atoms with Gasteiger partial charge in [0.25, 0.3) is 0 Å². The third kappa shape index (κ3) is 2.61. The summed E-state index contributed by atoms with van der Waals surface area (Å²) in [5, 5.41) is 0. The lowest BCUT2D eigenvalue weighted by atomic mass is 9.76. The Kier molecular flexibility index (Phi) is 4.86. The molecule has 100 valence electrons. The second-order valence-electron chi connectivity index (χ2n) is 6.45. The predicted molar refractivity (Wildman–Crippen MR) is 78.0 cm³/mol. The van der Waals surface area contributed by atoms with Crippen molar-refractivity contribution in [2.75, 3.05) is 0 Å². The fourth-order valence-corrected chi connectivity index (χ4v) is 3.99. The fourth-order valence-electron chi connectivity index (χ4n) is 3.99. The van der Waals surface area contributed by atoms with E-state index in [2.05, 4.69) is 54.5 Å². The molecule has 1 aliphatic carbocycles. The van der Waals surface area contributed by atoms with Crippen LogP contribution in [0.2, 0.25) is 0 Å². The highest BCUT2D eigenvalue weighted by molar-refractivity contribution is 5.11. The Labute approximate surface area is 109 Å². The average Bonchev–Trinajstić information content (AvgIpc) is 3.04. The van der Waals surface area contributed by atoms with Crippen molar-refractivity contribution in [2.24, 2.45) is 29.1 Å². The topological polar surface area (TPSA) is 0 Å². The van der Waals surface area contributed by atoms with Crippen molar-refractivity contribution in [2.45, 2.75) is 67.7 Å². The molecule has 0 aromatic rings. The van der Waals surface area contributed by atoms with E-state index in [-0.39, 0.29) is 0 Å². The summed E-state index contributed by atoms with van der Waals surface area (Å²) >= 11 is 0. The zero-order chi connectivity index (χ0) is 13.2. The van der Waals surface area contributed by atoms with Crippen molar-refractivity contribution in [1.82, 2.24) is 0 Å². The summed E-state index contributed by atoms with van der Waals surface area (Å²) in [6, 6.07) is 0. The molecule has 0 amide bonds. The first-order valence-electron chi connectivity index (χ1n) is 7.57. The quantitative estimate of drug-likeness (QED) is 0.520. The SMILES string of the molecule is CC=C(C)C(C)C(CC)C1CC1(CC)C(C)C. The van der Waals surface area contributed by atoms with Crippen LogP contribution in [0.15, 0.2) is 11.6 Å². The van der Waals surface area contributed by atoms with Crippen LogP contribution in [0, 0.1) is 29.1 Å². The second-order valence-corrected chi connectivity index (χ2v) is 6.45. The molecule has 1 saturated carbocycles. The van der Waals surface area contributed by atoms with Gasteiger partial charge in [0.05, 0.1) is 0 Å². The Balaban J connectivity index is 2.79. The largest absolute Gasteiger partial charge is 0.0885 e. The molecule has 0 heteroatoms. The summed E-state index contributed by atoms with van der Waals surface area (Å²) in [5.41, 5.74) is 2.25. The maximum Gasteiger partial charge on any atom is -0.0203 e. The summed E-state index contributed by atoms with van der Waals surface area (Å²) < 4.78 is 0. The van der Waals surface area contributed by atoms with Gasteiger partial charge in [0, 0.05) is 0 Å². The Morgan fingerprint density at radius 1 is 1.29 bits per heavy atom. The van der Waals surface area contributed by atoms with Gasteiger partial charge in [0.2, 0.25) is 0 Å². The highest BCUT2D eigenvalue weighted by Gasteiger charge is 2.57. The van der Waals surface area contributed by atoms with Gasteiger partial charge in [-0.05, 0) is 55.8 Å². The van der Waals surface area contributed by atoms with Crippen LogP contribution in [-0.4, -0.2) is 0 Å². The van der Waals surface area contributed by atoms with E-state index in [9.17, 15) is 0 Å². The molecule has 1 fully saturated rings. The van der Waals surface area contributed by atoms with Gasteiger partial charge >= 0.3 is 0 Å². The van der Waals surface area contributed by atoms with Gasteiger partial charge in [-0.3, -0.25) is 0 Å². The van der Waals surface area contributed by atoms with Crippen molar-refractivity contribution in [3.8, 4) is 0 Å². The number of rotatable bonds is 6. The normalized spacial score (nSPS) is 32.7. The molecule has 0 saturated heterocycles. The molecule has 0 aromatic heterocycles. The molecule has 0 radical (unpaired) electrons. The standard InChI is InChI=1S/C17H32/c1-8-13(6)14(7)15(9-2)16-11-17(16,10-3)12(4)5/h8,12,14-16H,9-11H2,1-7H3. The highest BCUT2D eigenvalue weighted by Crippen LogP contribution is 2.65. The Morgan fingerprint density at radius 2 is 1.88 bits per heavy atom. The molecule has 0 aromatic carbocycles. The van der Waals surface area contributed by atoms with Crippen molar-refractivity contribution >= 4 is 0 Å². The molecular weight excluding hydrogens is 204 g/mol. The average molecular weight is 236 g/mol. The third-order valence-corrected chi connectivity index (χ3v) is 5.79. The Morgan fingerprint density at radius 3 is 2.18 bits per heavy atom. The lowest BCUT2D eigenvalue weighted by Gasteiger charge is -2.29. The van der Waals surface area contributed by atoms with Crippen molar-refractivity contribution in [3.63, 3.8) is 0 Å². The molecule has 4 atom stereocenters. The smallest absolute Gasteiger partial charge is 0.0203 e. The lowest BCUT2D eigenvalue weighted by molar-refractivity contribution is 0.234. The van der Waals surface area contributed by atoms with Crippen molar-refractivity contribution in [3.05, 3.63) is 11.6 Å². The zero-order valence-electron chi connectivity index (χ0n) is 13.0. The first kappa shape index (κ1) is 14.8. The Bertz CT molecular complexity index is 274. The van der Waals surface area contributed by atoms with Gasteiger partial charge in [-0.2, -0.15) is 0 Å². The molecule has 4 unspecified atom stereocenters. The van der Waals surface area contributed by atoms with Crippen molar-refractivity contribution in [1.29, 1.82) is 0 Å². The minimum Gasteiger partial charge on any atom is -0.0885 e. The monoisotopic (exact) mass is 236 g/mol. The van der Waals surface area contributed by atoms with Gasteiger partial charge in [-0.25, -0.2) is 0 Å². The number of hydrogen-bond acceptors (Lipinski definition) is 0. The van der Waals surface area contributed by atoms with E-state index in [1.165, 1.54) is 19.3 Å². The van der Waals surface area contributed by atoms with E-state index < -0.39 is 0 Å². The van der Waals surface area contributed by atoms with E-state index in [4.69, 9.17) is 0 Å². The molecule has 0 N–H and O–H groups in total. The van der Waals surface area contributed by atoms with Gasteiger partial charge in [-0.15, -0.1) is 0 Å². The second kappa shape index (κ2) is 5.59. The van der Waals surface area contributed by atoms with Crippen LogP contribution in [0.4, 0.5) is 0 Å². The van der Waals surface area contributed by atoms with Crippen LogP contribution in [-0.2, 0) is 0 Å². The number of allylic oxidation sites excluding steroid dienone is 2. The molecule has 0 nitrogen and oxygen atoms in total. The minimum absolute atomic E-state index is 0.670. The van der Waals surface area contributed by atoms with Gasteiger partial charge in [-0.1, -0.05) is 52.7 Å². The molecule has 1 rings (SSSR count). The summed E-state index contributed by atoms with van der Waals surface area (Å²) in [5.74, 6) is 3.49. The van der Waals surface area contributed by atoms with Crippen LogP contribution < -0.4 is 0 Å². The summed E-state index contributed by atoms with van der Waals surface area (Å²) in [6.45, 7) is 16.5. The van der Waals surface area contributed by atoms with E-state index >= 15 is 0 Å². The van der Waals surface area contributed by atoms with Gasteiger partial charge in [0.1, 0.15) is 0 Å². The molecule has 17 heavy (non-hydrogen) atoms.